The molecule has 0 aliphatic carbocycles. The highest BCUT2D eigenvalue weighted by Gasteiger charge is 2.11. The molecule has 0 heterocycles. The molecule has 0 rings (SSSR count). The van der Waals surface area contributed by atoms with Crippen molar-refractivity contribution >= 4 is 5.97 Å². The van der Waals surface area contributed by atoms with Crippen molar-refractivity contribution in [2.45, 2.75) is 13.2 Å². The fraction of sp³-hybridized carbons (Fsp3) is 0.750. The van der Waals surface area contributed by atoms with Crippen LogP contribution in [0.4, 0.5) is 0 Å². The van der Waals surface area contributed by atoms with Crippen molar-refractivity contribution in [1.29, 1.82) is 0 Å². The normalized spacial score (nSPS) is 12.2. The molecule has 0 aromatic rings. The third-order valence-corrected chi connectivity index (χ3v) is 1.83. The van der Waals surface area contributed by atoms with Crippen LogP contribution >= 0.6 is 0 Å². The lowest BCUT2D eigenvalue weighted by Gasteiger charge is -2.12. The van der Waals surface area contributed by atoms with E-state index in [1.54, 1.807) is 0 Å². The molecule has 0 aromatic carbocycles. The fourth-order valence-corrected chi connectivity index (χ4v) is 0.947. The van der Waals surface area contributed by atoms with Crippen molar-refractivity contribution in [3.05, 3.63) is 12.2 Å². The Morgan fingerprint density at radius 2 is 1.63 bits per heavy atom. The van der Waals surface area contributed by atoms with E-state index in [1.165, 1.54) is 6.92 Å². The molecule has 0 aromatic heterocycles. The average molecular weight is 278 g/mol. The Morgan fingerprint density at radius 3 is 2.16 bits per heavy atom. The van der Waals surface area contributed by atoms with E-state index in [2.05, 4.69) is 11.3 Å². The Hall–Kier alpha value is -0.990. The predicted molar refractivity (Wildman–Crippen MR) is 66.5 cm³/mol. The van der Waals surface area contributed by atoms with E-state index in [0.717, 1.165) is 0 Å². The molecule has 0 aliphatic rings. The largest absolute Gasteiger partial charge is 0.430 e. The third-order valence-electron chi connectivity index (χ3n) is 1.83. The van der Waals surface area contributed by atoms with E-state index in [4.69, 9.17) is 19.3 Å². The van der Waals surface area contributed by atoms with Crippen molar-refractivity contribution in [3.8, 4) is 0 Å². The number of aliphatic hydroxyl groups excluding tert-OH is 2. The molecule has 0 saturated heterocycles. The molecule has 1 unspecified atom stereocenters. The smallest absolute Gasteiger partial charge is 0.335 e. The topological polar surface area (TPSA) is 94.5 Å². The molecule has 112 valence electrons. The number of carbonyl (C=O) groups excluding carboxylic acids is 1. The van der Waals surface area contributed by atoms with E-state index in [-0.39, 0.29) is 25.4 Å². The van der Waals surface area contributed by atoms with Gasteiger partial charge >= 0.3 is 5.97 Å². The highest BCUT2D eigenvalue weighted by Crippen LogP contribution is 1.96. The molecule has 0 bridgehead atoms. The highest BCUT2D eigenvalue weighted by atomic mass is 16.7. The van der Waals surface area contributed by atoms with E-state index in [0.29, 0.717) is 26.4 Å². The number of hydrogen-bond acceptors (Lipinski definition) is 7. The van der Waals surface area contributed by atoms with Gasteiger partial charge in [-0.25, -0.2) is 4.79 Å². The molecule has 0 saturated carbocycles. The van der Waals surface area contributed by atoms with Gasteiger partial charge in [-0.1, -0.05) is 6.58 Å². The molecule has 7 heteroatoms. The van der Waals surface area contributed by atoms with Gasteiger partial charge in [0.1, 0.15) is 6.61 Å². The van der Waals surface area contributed by atoms with Crippen LogP contribution in [-0.4, -0.2) is 68.7 Å². The number of hydrogen-bond donors (Lipinski definition) is 2. The summed E-state index contributed by atoms with van der Waals surface area (Å²) in [7, 11) is 0. The maximum absolute atomic E-state index is 11.0. The van der Waals surface area contributed by atoms with Gasteiger partial charge in [0.15, 0.2) is 0 Å². The first-order chi connectivity index (χ1) is 9.07. The summed E-state index contributed by atoms with van der Waals surface area (Å²) in [4.78, 5) is 11.0. The molecule has 0 amide bonds. The first-order valence-electron chi connectivity index (χ1n) is 5.96. The van der Waals surface area contributed by atoms with Gasteiger partial charge < -0.3 is 29.2 Å². The van der Waals surface area contributed by atoms with Crippen LogP contribution in [-0.2, 0) is 23.7 Å². The lowest BCUT2D eigenvalue weighted by atomic mass is 10.4. The monoisotopic (exact) mass is 278 g/mol. The summed E-state index contributed by atoms with van der Waals surface area (Å²) in [5, 5.41) is 17.7. The van der Waals surface area contributed by atoms with E-state index < -0.39 is 12.3 Å². The van der Waals surface area contributed by atoms with Crippen LogP contribution in [0.15, 0.2) is 12.2 Å². The van der Waals surface area contributed by atoms with E-state index in [1.807, 2.05) is 0 Å². The summed E-state index contributed by atoms with van der Waals surface area (Å²) >= 11 is 0. The van der Waals surface area contributed by atoms with Crippen LogP contribution in [0.1, 0.15) is 6.92 Å². The number of esters is 1. The van der Waals surface area contributed by atoms with Crippen molar-refractivity contribution in [3.63, 3.8) is 0 Å². The third kappa shape index (κ3) is 11.8. The zero-order chi connectivity index (χ0) is 14.5. The minimum Gasteiger partial charge on any atom is -0.430 e. The first-order valence-corrected chi connectivity index (χ1v) is 5.96. The highest BCUT2D eigenvalue weighted by molar-refractivity contribution is 5.86. The van der Waals surface area contributed by atoms with Gasteiger partial charge in [-0.15, -0.1) is 0 Å². The van der Waals surface area contributed by atoms with Crippen LogP contribution in [0.3, 0.4) is 0 Å². The quantitative estimate of drug-likeness (QED) is 0.214. The average Bonchev–Trinajstić information content (AvgIpc) is 2.36. The Labute approximate surface area is 112 Å². The lowest BCUT2D eigenvalue weighted by molar-refractivity contribution is -0.173. The summed E-state index contributed by atoms with van der Waals surface area (Å²) in [5.41, 5.74) is 0.213. The van der Waals surface area contributed by atoms with Crippen molar-refractivity contribution in [1.82, 2.24) is 0 Å². The minimum absolute atomic E-state index is 0.0100. The zero-order valence-electron chi connectivity index (χ0n) is 11.2. The molecule has 0 fully saturated rings. The van der Waals surface area contributed by atoms with Gasteiger partial charge in [0, 0.05) is 5.57 Å². The van der Waals surface area contributed by atoms with Gasteiger partial charge in [-0.3, -0.25) is 0 Å². The number of rotatable bonds is 12. The SMILES string of the molecule is C=C(C)C(=O)OC(O)COCCOCCOCCO. The molecule has 19 heavy (non-hydrogen) atoms. The summed E-state index contributed by atoms with van der Waals surface area (Å²) in [5.74, 6) is -0.659. The maximum atomic E-state index is 11.0. The first kappa shape index (κ1) is 18.0. The Kier molecular flexibility index (Phi) is 11.4. The maximum Gasteiger partial charge on any atom is 0.335 e. The van der Waals surface area contributed by atoms with Crippen molar-refractivity contribution < 1.29 is 34.0 Å². The van der Waals surface area contributed by atoms with Crippen LogP contribution in [0, 0.1) is 0 Å². The zero-order valence-corrected chi connectivity index (χ0v) is 11.2. The number of ether oxygens (including phenoxy) is 4. The Bertz CT molecular complexity index is 254. The van der Waals surface area contributed by atoms with Gasteiger partial charge in [0.25, 0.3) is 0 Å². The molecule has 0 spiro atoms. The molecule has 0 radical (unpaired) electrons. The van der Waals surface area contributed by atoms with Gasteiger partial charge in [0.05, 0.1) is 39.6 Å². The van der Waals surface area contributed by atoms with Crippen LogP contribution in [0.2, 0.25) is 0 Å². The molecule has 7 nitrogen and oxygen atoms in total. The standard InChI is InChI=1S/C12H22O7/c1-10(2)12(15)19-11(14)9-18-8-7-17-6-5-16-4-3-13/h11,13-14H,1,3-9H2,2H3. The van der Waals surface area contributed by atoms with Crippen molar-refractivity contribution in [2.75, 3.05) is 46.2 Å². The van der Waals surface area contributed by atoms with Gasteiger partial charge in [-0.05, 0) is 6.92 Å². The summed E-state index contributed by atoms with van der Waals surface area (Å²) in [6.45, 7) is 6.44. The van der Waals surface area contributed by atoms with Crippen molar-refractivity contribution in [2.24, 2.45) is 0 Å². The summed E-state index contributed by atoms with van der Waals surface area (Å²) < 4.78 is 19.8. The Balaban J connectivity index is 3.29. The van der Waals surface area contributed by atoms with Crippen LogP contribution < -0.4 is 0 Å². The molecule has 2 N–H and O–H groups in total. The summed E-state index contributed by atoms with van der Waals surface area (Å²) in [6, 6.07) is 0. The van der Waals surface area contributed by atoms with Crippen LogP contribution in [0.25, 0.3) is 0 Å². The second-order valence-electron chi connectivity index (χ2n) is 3.66. The van der Waals surface area contributed by atoms with Gasteiger partial charge in [0.2, 0.25) is 6.29 Å². The van der Waals surface area contributed by atoms with Crippen LogP contribution in [0.5, 0.6) is 0 Å². The molecule has 0 aliphatic heterocycles. The van der Waals surface area contributed by atoms with Gasteiger partial charge in [-0.2, -0.15) is 0 Å². The minimum atomic E-state index is -1.31. The molecular formula is C12H22O7. The second-order valence-corrected chi connectivity index (χ2v) is 3.66. The number of aliphatic hydroxyl groups is 2. The Morgan fingerprint density at radius 1 is 1.11 bits per heavy atom. The second kappa shape index (κ2) is 12.1. The van der Waals surface area contributed by atoms with E-state index >= 15 is 0 Å². The molecule has 1 atom stereocenters. The fourth-order valence-electron chi connectivity index (χ4n) is 0.947. The lowest BCUT2D eigenvalue weighted by Crippen LogP contribution is -2.24. The molecular weight excluding hydrogens is 256 g/mol. The van der Waals surface area contributed by atoms with E-state index in [9.17, 15) is 9.90 Å². The number of carbonyl (C=O) groups is 1. The summed E-state index contributed by atoms with van der Waals surface area (Å²) in [6.07, 6.45) is -1.31. The predicted octanol–water partition coefficient (Wildman–Crippen LogP) is -0.534.